The van der Waals surface area contributed by atoms with Crippen molar-refractivity contribution >= 4 is 5.97 Å². The molecule has 0 N–H and O–H groups in total. The fraction of sp³-hybridized carbons (Fsp3) is 0.769. The molecule has 0 atom stereocenters. The SMILES string of the molecule is COCCc1c(C(=O)OC)nnn1CCN1CCOCC1. The third-order valence-corrected chi connectivity index (χ3v) is 3.49. The summed E-state index contributed by atoms with van der Waals surface area (Å²) in [7, 11) is 2.97. The standard InChI is InChI=1S/C13H22N4O4/c1-19-8-3-11-12(13(18)20-2)14-15-17(11)5-4-16-6-9-21-10-7-16/h3-10H2,1-2H3. The van der Waals surface area contributed by atoms with Crippen LogP contribution in [0.15, 0.2) is 0 Å². The summed E-state index contributed by atoms with van der Waals surface area (Å²) in [6.45, 7) is 5.42. The molecule has 0 aliphatic carbocycles. The molecule has 1 aromatic rings. The van der Waals surface area contributed by atoms with E-state index in [0.717, 1.165) is 38.5 Å². The van der Waals surface area contributed by atoms with E-state index in [1.165, 1.54) is 7.11 Å². The van der Waals surface area contributed by atoms with Gasteiger partial charge in [-0.25, -0.2) is 9.48 Å². The zero-order valence-corrected chi connectivity index (χ0v) is 12.6. The first kappa shape index (κ1) is 15.9. The lowest BCUT2D eigenvalue weighted by atomic mass is 10.2. The molecule has 118 valence electrons. The lowest BCUT2D eigenvalue weighted by Gasteiger charge is -2.26. The maximum atomic E-state index is 11.7. The second-order valence-corrected chi connectivity index (χ2v) is 4.80. The monoisotopic (exact) mass is 298 g/mol. The largest absolute Gasteiger partial charge is 0.464 e. The van der Waals surface area contributed by atoms with E-state index in [1.54, 1.807) is 11.8 Å². The van der Waals surface area contributed by atoms with Gasteiger partial charge in [0.1, 0.15) is 0 Å². The number of morpholine rings is 1. The molecule has 0 saturated carbocycles. The van der Waals surface area contributed by atoms with Crippen molar-refractivity contribution < 1.29 is 19.0 Å². The molecule has 1 saturated heterocycles. The number of hydrogen-bond donors (Lipinski definition) is 0. The van der Waals surface area contributed by atoms with E-state index in [0.29, 0.717) is 19.6 Å². The molecule has 0 radical (unpaired) electrons. The molecule has 2 heterocycles. The average molecular weight is 298 g/mol. The van der Waals surface area contributed by atoms with Crippen LogP contribution in [0.2, 0.25) is 0 Å². The molecule has 0 aromatic carbocycles. The van der Waals surface area contributed by atoms with E-state index in [1.807, 2.05) is 0 Å². The summed E-state index contributed by atoms with van der Waals surface area (Å²) in [6, 6.07) is 0. The van der Waals surface area contributed by atoms with Crippen molar-refractivity contribution in [3.63, 3.8) is 0 Å². The summed E-state index contributed by atoms with van der Waals surface area (Å²) in [5.74, 6) is -0.460. The van der Waals surface area contributed by atoms with Gasteiger partial charge in [-0.15, -0.1) is 5.10 Å². The van der Waals surface area contributed by atoms with E-state index in [4.69, 9.17) is 14.2 Å². The van der Waals surface area contributed by atoms with Crippen LogP contribution in [0.1, 0.15) is 16.2 Å². The first-order chi connectivity index (χ1) is 10.3. The summed E-state index contributed by atoms with van der Waals surface area (Å²) in [5.41, 5.74) is 1.04. The summed E-state index contributed by atoms with van der Waals surface area (Å²) < 4.78 is 16.9. The second kappa shape index (κ2) is 8.06. The Balaban J connectivity index is 2.02. The number of aromatic nitrogens is 3. The lowest BCUT2D eigenvalue weighted by Crippen LogP contribution is -2.38. The molecule has 0 amide bonds. The Bertz CT molecular complexity index is 457. The number of carbonyl (C=O) groups is 1. The Labute approximate surface area is 123 Å². The molecule has 0 spiro atoms. The summed E-state index contributed by atoms with van der Waals surface area (Å²) >= 11 is 0. The van der Waals surface area contributed by atoms with E-state index in [9.17, 15) is 4.79 Å². The van der Waals surface area contributed by atoms with Gasteiger partial charge in [0.05, 0.1) is 39.2 Å². The van der Waals surface area contributed by atoms with Gasteiger partial charge in [-0.1, -0.05) is 5.21 Å². The minimum absolute atomic E-state index is 0.275. The van der Waals surface area contributed by atoms with Gasteiger partial charge in [0.25, 0.3) is 0 Å². The molecule has 21 heavy (non-hydrogen) atoms. The maximum absolute atomic E-state index is 11.7. The van der Waals surface area contributed by atoms with Crippen molar-refractivity contribution in [3.8, 4) is 0 Å². The van der Waals surface area contributed by atoms with Crippen molar-refractivity contribution in [2.45, 2.75) is 13.0 Å². The fourth-order valence-corrected chi connectivity index (χ4v) is 2.27. The molecule has 1 aliphatic rings. The third-order valence-electron chi connectivity index (χ3n) is 3.49. The smallest absolute Gasteiger partial charge is 0.360 e. The minimum Gasteiger partial charge on any atom is -0.464 e. The van der Waals surface area contributed by atoms with Gasteiger partial charge in [-0.05, 0) is 0 Å². The van der Waals surface area contributed by atoms with Gasteiger partial charge in [0, 0.05) is 33.2 Å². The first-order valence-electron chi connectivity index (χ1n) is 7.06. The number of rotatable bonds is 7. The second-order valence-electron chi connectivity index (χ2n) is 4.80. The van der Waals surface area contributed by atoms with Crippen LogP contribution in [-0.4, -0.2) is 79.5 Å². The van der Waals surface area contributed by atoms with Crippen molar-refractivity contribution in [2.24, 2.45) is 0 Å². The Morgan fingerprint density at radius 1 is 1.29 bits per heavy atom. The van der Waals surface area contributed by atoms with E-state index in [2.05, 4.69) is 15.2 Å². The predicted octanol–water partition coefficient (Wildman–Crippen LogP) is -0.414. The molecule has 1 aromatic heterocycles. The van der Waals surface area contributed by atoms with Gasteiger partial charge >= 0.3 is 5.97 Å². The molecule has 1 aliphatic heterocycles. The highest BCUT2D eigenvalue weighted by atomic mass is 16.5. The van der Waals surface area contributed by atoms with Crippen molar-refractivity contribution in [3.05, 3.63) is 11.4 Å². The van der Waals surface area contributed by atoms with Crippen LogP contribution in [0.5, 0.6) is 0 Å². The fourth-order valence-electron chi connectivity index (χ4n) is 2.27. The molecule has 8 heteroatoms. The molecule has 1 fully saturated rings. The highest BCUT2D eigenvalue weighted by Gasteiger charge is 2.20. The van der Waals surface area contributed by atoms with Crippen molar-refractivity contribution in [1.29, 1.82) is 0 Å². The summed E-state index contributed by atoms with van der Waals surface area (Å²) in [6.07, 6.45) is 0.580. The summed E-state index contributed by atoms with van der Waals surface area (Å²) in [5, 5.41) is 8.02. The average Bonchev–Trinajstić information content (AvgIpc) is 2.94. The number of nitrogens with zero attached hydrogens (tertiary/aromatic N) is 4. The Hall–Kier alpha value is -1.51. The van der Waals surface area contributed by atoms with Gasteiger partial charge in [0.2, 0.25) is 0 Å². The van der Waals surface area contributed by atoms with Crippen LogP contribution in [0.25, 0.3) is 0 Å². The van der Waals surface area contributed by atoms with Crippen LogP contribution in [-0.2, 0) is 27.2 Å². The van der Waals surface area contributed by atoms with E-state index in [-0.39, 0.29) is 5.69 Å². The van der Waals surface area contributed by atoms with Crippen LogP contribution in [0, 0.1) is 0 Å². The lowest BCUT2D eigenvalue weighted by molar-refractivity contribution is 0.0358. The number of carbonyl (C=O) groups excluding carboxylic acids is 1. The maximum Gasteiger partial charge on any atom is 0.360 e. The van der Waals surface area contributed by atoms with Gasteiger partial charge < -0.3 is 14.2 Å². The van der Waals surface area contributed by atoms with Gasteiger partial charge in [-0.3, -0.25) is 4.90 Å². The van der Waals surface area contributed by atoms with Gasteiger partial charge in [0.15, 0.2) is 5.69 Å². The number of hydrogen-bond acceptors (Lipinski definition) is 7. The quantitative estimate of drug-likeness (QED) is 0.633. The molecule has 0 unspecified atom stereocenters. The van der Waals surface area contributed by atoms with Crippen LogP contribution in [0.4, 0.5) is 0 Å². The normalized spacial score (nSPS) is 16.1. The molecular weight excluding hydrogens is 276 g/mol. The highest BCUT2D eigenvalue weighted by molar-refractivity contribution is 5.88. The zero-order valence-electron chi connectivity index (χ0n) is 12.6. The highest BCUT2D eigenvalue weighted by Crippen LogP contribution is 2.09. The van der Waals surface area contributed by atoms with Crippen molar-refractivity contribution in [2.75, 3.05) is 53.7 Å². The van der Waals surface area contributed by atoms with Gasteiger partial charge in [-0.2, -0.15) is 0 Å². The third kappa shape index (κ3) is 4.23. The molecule has 2 rings (SSSR count). The zero-order chi connectivity index (χ0) is 15.1. The predicted molar refractivity (Wildman–Crippen MR) is 74.2 cm³/mol. The molecular formula is C13H22N4O4. The summed E-state index contributed by atoms with van der Waals surface area (Å²) in [4.78, 5) is 14.0. The Morgan fingerprint density at radius 2 is 2.05 bits per heavy atom. The number of esters is 1. The molecule has 0 bridgehead atoms. The Kier molecular flexibility index (Phi) is 6.09. The number of ether oxygens (including phenoxy) is 3. The van der Waals surface area contributed by atoms with Crippen LogP contribution in [0.3, 0.4) is 0 Å². The molecule has 8 nitrogen and oxygen atoms in total. The van der Waals surface area contributed by atoms with Crippen LogP contribution < -0.4 is 0 Å². The van der Waals surface area contributed by atoms with E-state index < -0.39 is 5.97 Å². The Morgan fingerprint density at radius 3 is 2.71 bits per heavy atom. The number of methoxy groups -OCH3 is 2. The minimum atomic E-state index is -0.460. The van der Waals surface area contributed by atoms with Crippen LogP contribution >= 0.6 is 0 Å². The topological polar surface area (TPSA) is 78.7 Å². The van der Waals surface area contributed by atoms with E-state index >= 15 is 0 Å². The van der Waals surface area contributed by atoms with Crippen molar-refractivity contribution in [1.82, 2.24) is 19.9 Å². The first-order valence-corrected chi connectivity index (χ1v) is 7.06.